The Balaban J connectivity index is 2.17. The second-order valence-electron chi connectivity index (χ2n) is 4.42. The molecule has 2 rings (SSSR count). The van der Waals surface area contributed by atoms with Crippen molar-refractivity contribution < 1.29 is 9.13 Å². The summed E-state index contributed by atoms with van der Waals surface area (Å²) >= 11 is 3.21. The number of pyridine rings is 1. The van der Waals surface area contributed by atoms with Gasteiger partial charge in [-0.2, -0.15) is 0 Å². The lowest BCUT2D eigenvalue weighted by Crippen LogP contribution is -2.12. The van der Waals surface area contributed by atoms with Crippen LogP contribution < -0.4 is 10.1 Å². The summed E-state index contributed by atoms with van der Waals surface area (Å²) in [4.78, 5) is 4.25. The van der Waals surface area contributed by atoms with E-state index in [1.165, 1.54) is 6.07 Å². The average Bonchev–Trinajstić information content (AvgIpc) is 2.42. The van der Waals surface area contributed by atoms with E-state index in [0.29, 0.717) is 10.4 Å². The van der Waals surface area contributed by atoms with Gasteiger partial charge in [-0.15, -0.1) is 0 Å². The van der Waals surface area contributed by atoms with E-state index in [0.717, 1.165) is 24.2 Å². The highest BCUT2D eigenvalue weighted by Gasteiger charge is 2.09. The Kier molecular flexibility index (Phi) is 5.09. The summed E-state index contributed by atoms with van der Waals surface area (Å²) in [6.07, 6.45) is 1.74. The van der Waals surface area contributed by atoms with Gasteiger partial charge in [-0.1, -0.05) is 22.9 Å². The fourth-order valence-electron chi connectivity index (χ4n) is 1.76. The predicted octanol–water partition coefficient (Wildman–Crippen LogP) is 4.19. The topological polar surface area (TPSA) is 34.2 Å². The van der Waals surface area contributed by atoms with E-state index in [1.807, 2.05) is 19.9 Å². The van der Waals surface area contributed by atoms with Gasteiger partial charge in [-0.25, -0.2) is 9.37 Å². The fraction of sp³-hybridized carbons (Fsp3) is 0.267. The van der Waals surface area contributed by atoms with Crippen molar-refractivity contribution in [2.24, 2.45) is 0 Å². The van der Waals surface area contributed by atoms with Gasteiger partial charge in [0.15, 0.2) is 11.6 Å². The summed E-state index contributed by atoms with van der Waals surface area (Å²) in [6.45, 7) is 5.61. The second kappa shape index (κ2) is 6.81. The summed E-state index contributed by atoms with van der Waals surface area (Å²) in [6, 6.07) is 6.66. The largest absolute Gasteiger partial charge is 0.436 e. The Morgan fingerprint density at radius 3 is 2.80 bits per heavy atom. The molecule has 0 amide bonds. The SMILES string of the molecule is CCNCc1cnc(Oc2ccc(Br)cc2F)c(C)c1. The minimum Gasteiger partial charge on any atom is -0.436 e. The first-order chi connectivity index (χ1) is 9.60. The van der Waals surface area contributed by atoms with Crippen molar-refractivity contribution in [3.05, 3.63) is 51.9 Å². The minimum absolute atomic E-state index is 0.170. The van der Waals surface area contributed by atoms with Gasteiger partial charge in [0, 0.05) is 22.8 Å². The Hall–Kier alpha value is -1.46. The Labute approximate surface area is 126 Å². The zero-order valence-corrected chi connectivity index (χ0v) is 13.0. The third-order valence-corrected chi connectivity index (χ3v) is 3.26. The normalized spacial score (nSPS) is 10.6. The maximum Gasteiger partial charge on any atom is 0.222 e. The highest BCUT2D eigenvalue weighted by atomic mass is 79.9. The van der Waals surface area contributed by atoms with Crippen molar-refractivity contribution in [3.63, 3.8) is 0 Å². The number of benzene rings is 1. The fourth-order valence-corrected chi connectivity index (χ4v) is 2.09. The molecule has 0 bridgehead atoms. The molecule has 2 aromatic rings. The molecule has 0 atom stereocenters. The van der Waals surface area contributed by atoms with Gasteiger partial charge in [0.1, 0.15) is 0 Å². The summed E-state index contributed by atoms with van der Waals surface area (Å²) in [7, 11) is 0. The van der Waals surface area contributed by atoms with E-state index in [1.54, 1.807) is 18.3 Å². The van der Waals surface area contributed by atoms with Crippen LogP contribution in [-0.2, 0) is 6.54 Å². The first kappa shape index (κ1) is 14.9. The molecule has 1 aromatic carbocycles. The molecule has 1 aromatic heterocycles. The van der Waals surface area contributed by atoms with Crippen LogP contribution in [0.4, 0.5) is 4.39 Å². The molecule has 0 saturated carbocycles. The maximum atomic E-state index is 13.7. The Morgan fingerprint density at radius 2 is 2.15 bits per heavy atom. The van der Waals surface area contributed by atoms with Crippen LogP contribution in [-0.4, -0.2) is 11.5 Å². The van der Waals surface area contributed by atoms with Crippen LogP contribution in [0.15, 0.2) is 34.9 Å². The van der Waals surface area contributed by atoms with E-state index in [9.17, 15) is 4.39 Å². The lowest BCUT2D eigenvalue weighted by molar-refractivity contribution is 0.424. The molecule has 0 unspecified atom stereocenters. The van der Waals surface area contributed by atoms with Crippen molar-refractivity contribution in [1.82, 2.24) is 10.3 Å². The molecule has 0 aliphatic heterocycles. The second-order valence-corrected chi connectivity index (χ2v) is 5.34. The molecular formula is C15H16BrFN2O. The third kappa shape index (κ3) is 3.77. The molecule has 1 N–H and O–H groups in total. The van der Waals surface area contributed by atoms with Crippen LogP contribution in [0.1, 0.15) is 18.1 Å². The molecular weight excluding hydrogens is 323 g/mol. The Bertz CT molecular complexity index is 604. The van der Waals surface area contributed by atoms with Crippen LogP contribution in [0.5, 0.6) is 11.6 Å². The molecule has 0 radical (unpaired) electrons. The van der Waals surface area contributed by atoms with Crippen molar-refractivity contribution >= 4 is 15.9 Å². The van der Waals surface area contributed by atoms with Crippen LogP contribution >= 0.6 is 15.9 Å². The summed E-state index contributed by atoms with van der Waals surface area (Å²) < 4.78 is 19.9. The maximum absolute atomic E-state index is 13.7. The van der Waals surface area contributed by atoms with Crippen molar-refractivity contribution in [1.29, 1.82) is 0 Å². The molecule has 5 heteroatoms. The number of aryl methyl sites for hydroxylation is 1. The zero-order chi connectivity index (χ0) is 14.5. The van der Waals surface area contributed by atoms with Gasteiger partial charge in [0.25, 0.3) is 0 Å². The van der Waals surface area contributed by atoms with Gasteiger partial charge in [-0.3, -0.25) is 0 Å². The van der Waals surface area contributed by atoms with Crippen LogP contribution in [0.3, 0.4) is 0 Å². The number of aromatic nitrogens is 1. The molecule has 20 heavy (non-hydrogen) atoms. The lowest BCUT2D eigenvalue weighted by atomic mass is 10.2. The molecule has 0 aliphatic carbocycles. The van der Waals surface area contributed by atoms with Gasteiger partial charge < -0.3 is 10.1 Å². The van der Waals surface area contributed by atoms with E-state index < -0.39 is 5.82 Å². The number of nitrogens with one attached hydrogen (secondary N) is 1. The molecule has 3 nitrogen and oxygen atoms in total. The predicted molar refractivity (Wildman–Crippen MR) is 80.5 cm³/mol. The van der Waals surface area contributed by atoms with Gasteiger partial charge in [-0.05, 0) is 43.3 Å². The molecule has 0 saturated heterocycles. The number of nitrogens with zero attached hydrogens (tertiary/aromatic N) is 1. The van der Waals surface area contributed by atoms with E-state index in [2.05, 4.69) is 26.2 Å². The zero-order valence-electron chi connectivity index (χ0n) is 11.4. The third-order valence-electron chi connectivity index (χ3n) is 2.77. The molecule has 0 spiro atoms. The lowest BCUT2D eigenvalue weighted by Gasteiger charge is -2.10. The highest BCUT2D eigenvalue weighted by Crippen LogP contribution is 2.27. The van der Waals surface area contributed by atoms with Crippen molar-refractivity contribution in [3.8, 4) is 11.6 Å². The van der Waals surface area contributed by atoms with Crippen LogP contribution in [0, 0.1) is 12.7 Å². The highest BCUT2D eigenvalue weighted by molar-refractivity contribution is 9.10. The standard InChI is InChI=1S/C15H16BrFN2O/c1-3-18-8-11-6-10(2)15(19-9-11)20-14-5-4-12(16)7-13(14)17/h4-7,9,18H,3,8H2,1-2H3. The van der Waals surface area contributed by atoms with Crippen LogP contribution in [0.2, 0.25) is 0 Å². The first-order valence-corrected chi connectivity index (χ1v) is 7.18. The number of hydrogen-bond donors (Lipinski definition) is 1. The number of ether oxygens (including phenoxy) is 1. The van der Waals surface area contributed by atoms with E-state index >= 15 is 0 Å². The minimum atomic E-state index is -0.419. The van der Waals surface area contributed by atoms with Crippen molar-refractivity contribution in [2.45, 2.75) is 20.4 Å². The molecule has 0 aliphatic rings. The van der Waals surface area contributed by atoms with E-state index in [-0.39, 0.29) is 5.75 Å². The first-order valence-electron chi connectivity index (χ1n) is 6.39. The summed E-state index contributed by atoms with van der Waals surface area (Å²) in [5.41, 5.74) is 1.95. The number of hydrogen-bond acceptors (Lipinski definition) is 3. The average molecular weight is 339 g/mol. The van der Waals surface area contributed by atoms with Gasteiger partial charge in [0.2, 0.25) is 5.88 Å². The summed E-state index contributed by atoms with van der Waals surface area (Å²) in [5.74, 6) is 0.173. The quantitative estimate of drug-likeness (QED) is 0.887. The Morgan fingerprint density at radius 1 is 1.35 bits per heavy atom. The number of halogens is 2. The molecule has 0 fully saturated rings. The number of rotatable bonds is 5. The smallest absolute Gasteiger partial charge is 0.222 e. The van der Waals surface area contributed by atoms with Gasteiger partial charge in [0.05, 0.1) is 0 Å². The van der Waals surface area contributed by atoms with Gasteiger partial charge >= 0.3 is 0 Å². The van der Waals surface area contributed by atoms with Crippen LogP contribution in [0.25, 0.3) is 0 Å². The van der Waals surface area contributed by atoms with E-state index in [4.69, 9.17) is 4.74 Å². The molecule has 1 heterocycles. The van der Waals surface area contributed by atoms with Crippen molar-refractivity contribution in [2.75, 3.05) is 6.54 Å². The summed E-state index contributed by atoms with van der Waals surface area (Å²) in [5, 5.41) is 3.23. The molecule has 106 valence electrons. The monoisotopic (exact) mass is 338 g/mol.